The molecule has 35 heavy (non-hydrogen) atoms. The molecule has 0 spiro atoms. The number of nitrogens with one attached hydrogen (secondary N) is 2. The van der Waals surface area contributed by atoms with Gasteiger partial charge in [0.2, 0.25) is 5.90 Å². The number of aliphatic imine (C=N–C) groups is 1. The van der Waals surface area contributed by atoms with Crippen LogP contribution in [-0.2, 0) is 9.53 Å². The first-order valence-electron chi connectivity index (χ1n) is 11.5. The lowest BCUT2D eigenvalue weighted by atomic mass is 9.84. The van der Waals surface area contributed by atoms with Gasteiger partial charge in [-0.05, 0) is 42.3 Å². The molecule has 1 aliphatic rings. The Balaban J connectivity index is 1.98. The Morgan fingerprint density at radius 3 is 2.66 bits per heavy atom. The Kier molecular flexibility index (Phi) is 9.57. The second-order valence-corrected chi connectivity index (χ2v) is 9.52. The lowest BCUT2D eigenvalue weighted by Gasteiger charge is -2.30. The third-order valence-corrected chi connectivity index (χ3v) is 6.01. The topological polar surface area (TPSA) is 92.2 Å². The molecular weight excluding hydrogens is 489 g/mol. The van der Waals surface area contributed by atoms with Gasteiger partial charge in [0.25, 0.3) is 5.91 Å². The SMILES string of the molecule is C=CC[C@]1(C(=O)NNCC(C)C)N=C(c2ccc(OCCCO)cc2)O[C@H]1c1ccc(Cl)cc1Cl. The Morgan fingerprint density at radius 2 is 2.03 bits per heavy atom. The maximum Gasteiger partial charge on any atom is 0.266 e. The number of hydrazine groups is 1. The third kappa shape index (κ3) is 6.55. The molecule has 7 nitrogen and oxygen atoms in total. The maximum absolute atomic E-state index is 13.6. The van der Waals surface area contributed by atoms with E-state index in [4.69, 9.17) is 42.8 Å². The molecule has 0 bridgehead atoms. The molecule has 0 fully saturated rings. The molecule has 3 N–H and O–H groups in total. The highest BCUT2D eigenvalue weighted by Gasteiger charge is 2.53. The van der Waals surface area contributed by atoms with Crippen molar-refractivity contribution in [1.29, 1.82) is 0 Å². The van der Waals surface area contributed by atoms with Gasteiger partial charge < -0.3 is 14.6 Å². The van der Waals surface area contributed by atoms with Gasteiger partial charge in [0, 0.05) is 47.2 Å². The van der Waals surface area contributed by atoms with E-state index in [1.807, 2.05) is 26.0 Å². The highest BCUT2D eigenvalue weighted by atomic mass is 35.5. The normalized spacial score (nSPS) is 19.3. The van der Waals surface area contributed by atoms with Crippen LogP contribution in [-0.4, -0.2) is 42.2 Å². The minimum absolute atomic E-state index is 0.0663. The molecule has 0 saturated carbocycles. The van der Waals surface area contributed by atoms with E-state index in [1.165, 1.54) is 0 Å². The van der Waals surface area contributed by atoms with Crippen molar-refractivity contribution < 1.29 is 19.4 Å². The number of benzene rings is 2. The minimum atomic E-state index is -1.34. The van der Waals surface area contributed by atoms with Crippen molar-refractivity contribution in [2.45, 2.75) is 38.3 Å². The predicted octanol–water partition coefficient (Wildman–Crippen LogP) is 4.86. The first kappa shape index (κ1) is 27.0. The van der Waals surface area contributed by atoms with E-state index in [0.29, 0.717) is 58.3 Å². The van der Waals surface area contributed by atoms with Crippen LogP contribution in [0.1, 0.15) is 43.9 Å². The number of hydrogen-bond acceptors (Lipinski definition) is 6. The summed E-state index contributed by atoms with van der Waals surface area (Å²) in [6.45, 7) is 9.02. The first-order valence-corrected chi connectivity index (χ1v) is 12.3. The van der Waals surface area contributed by atoms with Gasteiger partial charge in [-0.2, -0.15) is 0 Å². The Hall–Kier alpha value is -2.58. The van der Waals surface area contributed by atoms with Gasteiger partial charge in [-0.3, -0.25) is 10.2 Å². The van der Waals surface area contributed by atoms with Gasteiger partial charge in [-0.25, -0.2) is 10.4 Å². The van der Waals surface area contributed by atoms with E-state index >= 15 is 0 Å². The molecule has 9 heteroatoms. The summed E-state index contributed by atoms with van der Waals surface area (Å²) in [4.78, 5) is 18.4. The van der Waals surface area contributed by atoms with Crippen LogP contribution in [0.3, 0.4) is 0 Å². The maximum atomic E-state index is 13.6. The summed E-state index contributed by atoms with van der Waals surface area (Å²) in [5.74, 6) is 0.951. The molecule has 2 atom stereocenters. The zero-order chi connectivity index (χ0) is 25.4. The molecule has 0 aromatic heterocycles. The van der Waals surface area contributed by atoms with Crippen LogP contribution >= 0.6 is 23.2 Å². The summed E-state index contributed by atoms with van der Waals surface area (Å²) in [7, 11) is 0. The van der Waals surface area contributed by atoms with Crippen molar-refractivity contribution >= 4 is 35.0 Å². The highest BCUT2D eigenvalue weighted by molar-refractivity contribution is 6.35. The number of aliphatic hydroxyl groups excluding tert-OH is 1. The van der Waals surface area contributed by atoms with Gasteiger partial charge in [-0.1, -0.05) is 49.2 Å². The zero-order valence-electron chi connectivity index (χ0n) is 19.9. The number of halogens is 2. The average Bonchev–Trinajstić information content (AvgIpc) is 3.20. The van der Waals surface area contributed by atoms with Gasteiger partial charge in [-0.15, -0.1) is 6.58 Å². The van der Waals surface area contributed by atoms with Gasteiger partial charge in [0.05, 0.1) is 6.61 Å². The summed E-state index contributed by atoms with van der Waals surface area (Å²) in [5.41, 5.74) is 5.71. The molecule has 2 aromatic carbocycles. The number of nitrogens with zero attached hydrogens (tertiary/aromatic N) is 1. The van der Waals surface area contributed by atoms with Crippen LogP contribution < -0.4 is 15.6 Å². The number of rotatable bonds is 12. The number of carbonyl (C=O) groups excluding carboxylic acids is 1. The number of carbonyl (C=O) groups is 1. The van der Waals surface area contributed by atoms with Gasteiger partial charge >= 0.3 is 0 Å². The fourth-order valence-electron chi connectivity index (χ4n) is 3.67. The quantitative estimate of drug-likeness (QED) is 0.211. The van der Waals surface area contributed by atoms with Crippen LogP contribution in [0, 0.1) is 5.92 Å². The fraction of sp³-hybridized carbons (Fsp3) is 0.385. The Bertz CT molecular complexity index is 1060. The molecule has 0 radical (unpaired) electrons. The summed E-state index contributed by atoms with van der Waals surface area (Å²) in [6, 6.07) is 12.3. The molecule has 1 heterocycles. The average molecular weight is 520 g/mol. The largest absolute Gasteiger partial charge is 0.494 e. The summed E-state index contributed by atoms with van der Waals surface area (Å²) in [6.07, 6.45) is 1.61. The lowest BCUT2D eigenvalue weighted by Crippen LogP contribution is -2.53. The third-order valence-electron chi connectivity index (χ3n) is 5.44. The zero-order valence-corrected chi connectivity index (χ0v) is 21.4. The standard InChI is InChI=1S/C26H31Cl2N3O4/c1-4-12-26(25(33)31-29-16-17(2)3)23(21-11-8-19(27)15-22(21)28)35-24(30-26)18-6-9-20(10-7-18)34-14-5-13-32/h4,6-11,15,17,23,29,32H,1,5,12-14,16H2,2-3H3,(H,31,33)/t23-,26-/m0/s1. The first-order chi connectivity index (χ1) is 16.8. The van der Waals surface area contributed by atoms with Gasteiger partial charge in [0.15, 0.2) is 11.6 Å². The molecule has 0 unspecified atom stereocenters. The van der Waals surface area contributed by atoms with Crippen molar-refractivity contribution in [3.05, 3.63) is 76.3 Å². The summed E-state index contributed by atoms with van der Waals surface area (Å²) < 4.78 is 11.9. The number of ether oxygens (including phenoxy) is 2. The second-order valence-electron chi connectivity index (χ2n) is 8.68. The Labute approximate surface area is 216 Å². The number of amides is 1. The van der Waals surface area contributed by atoms with E-state index in [1.54, 1.807) is 36.4 Å². The van der Waals surface area contributed by atoms with Crippen molar-refractivity contribution in [2.75, 3.05) is 19.8 Å². The van der Waals surface area contributed by atoms with E-state index in [0.717, 1.165) is 0 Å². The second kappa shape index (κ2) is 12.4. The molecule has 1 aliphatic heterocycles. The van der Waals surface area contributed by atoms with Crippen molar-refractivity contribution in [1.82, 2.24) is 10.9 Å². The van der Waals surface area contributed by atoms with E-state index in [-0.39, 0.29) is 18.9 Å². The van der Waals surface area contributed by atoms with Crippen LogP contribution in [0.2, 0.25) is 10.0 Å². The molecule has 0 saturated heterocycles. The molecule has 3 rings (SSSR count). The van der Waals surface area contributed by atoms with Crippen molar-refractivity contribution in [3.63, 3.8) is 0 Å². The smallest absolute Gasteiger partial charge is 0.266 e. The fourth-order valence-corrected chi connectivity index (χ4v) is 4.18. The van der Waals surface area contributed by atoms with Gasteiger partial charge in [0.1, 0.15) is 5.75 Å². The number of hydrogen-bond donors (Lipinski definition) is 3. The van der Waals surface area contributed by atoms with Crippen molar-refractivity contribution in [2.24, 2.45) is 10.9 Å². The lowest BCUT2D eigenvalue weighted by molar-refractivity contribution is -0.129. The molecule has 0 aliphatic carbocycles. The Morgan fingerprint density at radius 1 is 1.29 bits per heavy atom. The van der Waals surface area contributed by atoms with E-state index < -0.39 is 11.6 Å². The van der Waals surface area contributed by atoms with E-state index in [2.05, 4.69) is 17.4 Å². The predicted molar refractivity (Wildman–Crippen MR) is 139 cm³/mol. The minimum Gasteiger partial charge on any atom is -0.494 e. The molecule has 2 aromatic rings. The summed E-state index contributed by atoms with van der Waals surface area (Å²) in [5, 5.41) is 9.79. The highest BCUT2D eigenvalue weighted by Crippen LogP contribution is 2.45. The summed E-state index contributed by atoms with van der Waals surface area (Å²) >= 11 is 12.7. The van der Waals surface area contributed by atoms with Crippen LogP contribution in [0.15, 0.2) is 60.1 Å². The molecule has 1 amide bonds. The molecular formula is C26H31Cl2N3O4. The number of aliphatic hydroxyl groups is 1. The van der Waals surface area contributed by atoms with Crippen LogP contribution in [0.4, 0.5) is 0 Å². The van der Waals surface area contributed by atoms with Crippen molar-refractivity contribution in [3.8, 4) is 5.75 Å². The van der Waals surface area contributed by atoms with Crippen LogP contribution in [0.5, 0.6) is 5.75 Å². The van der Waals surface area contributed by atoms with Crippen LogP contribution in [0.25, 0.3) is 0 Å². The van der Waals surface area contributed by atoms with E-state index in [9.17, 15) is 4.79 Å². The monoisotopic (exact) mass is 519 g/mol. The molecule has 188 valence electrons.